The van der Waals surface area contributed by atoms with Crippen LogP contribution in [0.3, 0.4) is 0 Å². The number of ether oxygens (including phenoxy) is 2. The van der Waals surface area contributed by atoms with Crippen LogP contribution in [-0.2, 0) is 16.1 Å². The SMILES string of the molecule is Cc1ccc(CNC(=O)[C@@H]2CC[C@H](CN)O2)c(OCC2CC2)c1.Cl. The van der Waals surface area contributed by atoms with E-state index >= 15 is 0 Å². The van der Waals surface area contributed by atoms with E-state index in [-0.39, 0.29) is 30.5 Å². The van der Waals surface area contributed by atoms with Crippen molar-refractivity contribution in [2.24, 2.45) is 11.7 Å². The van der Waals surface area contributed by atoms with E-state index in [0.29, 0.717) is 19.0 Å². The third-order valence-corrected chi connectivity index (χ3v) is 4.51. The lowest BCUT2D eigenvalue weighted by Crippen LogP contribution is -2.35. The maximum atomic E-state index is 12.2. The van der Waals surface area contributed by atoms with Crippen LogP contribution in [0.25, 0.3) is 0 Å². The monoisotopic (exact) mass is 354 g/mol. The van der Waals surface area contributed by atoms with Crippen molar-refractivity contribution in [3.8, 4) is 5.75 Å². The molecule has 1 aliphatic carbocycles. The summed E-state index contributed by atoms with van der Waals surface area (Å²) in [7, 11) is 0. The van der Waals surface area contributed by atoms with Gasteiger partial charge in [-0.15, -0.1) is 12.4 Å². The van der Waals surface area contributed by atoms with E-state index < -0.39 is 0 Å². The lowest BCUT2D eigenvalue weighted by atomic mass is 10.1. The van der Waals surface area contributed by atoms with E-state index in [2.05, 4.69) is 5.32 Å². The molecule has 5 nitrogen and oxygen atoms in total. The van der Waals surface area contributed by atoms with Gasteiger partial charge in [0.05, 0.1) is 12.7 Å². The van der Waals surface area contributed by atoms with Gasteiger partial charge in [-0.25, -0.2) is 0 Å². The number of hydrogen-bond acceptors (Lipinski definition) is 4. The first-order chi connectivity index (χ1) is 11.2. The first-order valence-electron chi connectivity index (χ1n) is 8.51. The molecule has 6 heteroatoms. The minimum absolute atomic E-state index is 0. The summed E-state index contributed by atoms with van der Waals surface area (Å²) in [5.41, 5.74) is 7.76. The minimum Gasteiger partial charge on any atom is -0.493 e. The lowest BCUT2D eigenvalue weighted by molar-refractivity contribution is -0.132. The number of hydrogen-bond donors (Lipinski definition) is 2. The molecule has 134 valence electrons. The number of carbonyl (C=O) groups excluding carboxylic acids is 1. The second kappa shape index (κ2) is 8.70. The van der Waals surface area contributed by atoms with Crippen LogP contribution >= 0.6 is 12.4 Å². The quantitative estimate of drug-likeness (QED) is 0.788. The van der Waals surface area contributed by atoms with Crippen LogP contribution in [-0.4, -0.2) is 31.3 Å². The number of rotatable bonds is 7. The zero-order valence-electron chi connectivity index (χ0n) is 14.1. The van der Waals surface area contributed by atoms with E-state index in [1.807, 2.05) is 25.1 Å². The van der Waals surface area contributed by atoms with Crippen molar-refractivity contribution >= 4 is 18.3 Å². The van der Waals surface area contributed by atoms with Gasteiger partial charge in [-0.2, -0.15) is 0 Å². The van der Waals surface area contributed by atoms with Crippen LogP contribution in [0, 0.1) is 12.8 Å². The molecule has 0 aromatic heterocycles. The maximum Gasteiger partial charge on any atom is 0.249 e. The Morgan fingerprint density at radius 2 is 2.12 bits per heavy atom. The summed E-state index contributed by atoms with van der Waals surface area (Å²) in [6.07, 6.45) is 3.77. The van der Waals surface area contributed by atoms with Gasteiger partial charge in [-0.3, -0.25) is 4.79 Å². The van der Waals surface area contributed by atoms with E-state index in [0.717, 1.165) is 36.3 Å². The molecule has 0 unspecified atom stereocenters. The predicted octanol–water partition coefficient (Wildman–Crippen LogP) is 2.33. The van der Waals surface area contributed by atoms with Gasteiger partial charge < -0.3 is 20.5 Å². The van der Waals surface area contributed by atoms with Gasteiger partial charge in [0.25, 0.3) is 0 Å². The summed E-state index contributed by atoms with van der Waals surface area (Å²) < 4.78 is 11.6. The number of benzene rings is 1. The molecule has 0 bridgehead atoms. The van der Waals surface area contributed by atoms with Gasteiger partial charge in [0.1, 0.15) is 11.9 Å². The molecule has 24 heavy (non-hydrogen) atoms. The molecule has 2 fully saturated rings. The van der Waals surface area contributed by atoms with Gasteiger partial charge in [-0.05, 0) is 50.2 Å². The molecule has 3 N–H and O–H groups in total. The molecule has 1 saturated carbocycles. The van der Waals surface area contributed by atoms with Crippen molar-refractivity contribution in [1.82, 2.24) is 5.32 Å². The first kappa shape index (κ1) is 19.0. The predicted molar refractivity (Wildman–Crippen MR) is 95.4 cm³/mol. The highest BCUT2D eigenvalue weighted by Gasteiger charge is 2.29. The topological polar surface area (TPSA) is 73.6 Å². The van der Waals surface area contributed by atoms with Crippen molar-refractivity contribution in [3.05, 3.63) is 29.3 Å². The number of nitrogens with one attached hydrogen (secondary N) is 1. The van der Waals surface area contributed by atoms with Crippen LogP contribution < -0.4 is 15.8 Å². The van der Waals surface area contributed by atoms with Crippen LogP contribution in [0.15, 0.2) is 18.2 Å². The standard InChI is InChI=1S/C18H26N2O3.ClH/c1-12-2-5-14(17(8-12)22-11-13-3-4-13)10-20-18(21)16-7-6-15(9-19)23-16;/h2,5,8,13,15-16H,3-4,6-7,9-11,19H2,1H3,(H,20,21);1H/t15-,16+;/m1./s1. The van der Waals surface area contributed by atoms with E-state index in [1.54, 1.807) is 0 Å². The molecule has 3 rings (SSSR count). The second-order valence-corrected chi connectivity index (χ2v) is 6.64. The molecule has 1 aromatic rings. The van der Waals surface area contributed by atoms with Crippen molar-refractivity contribution in [2.75, 3.05) is 13.2 Å². The molecular weight excluding hydrogens is 328 g/mol. The molecule has 1 aromatic carbocycles. The zero-order chi connectivity index (χ0) is 16.2. The average molecular weight is 355 g/mol. The van der Waals surface area contributed by atoms with Gasteiger partial charge in [0, 0.05) is 18.7 Å². The Morgan fingerprint density at radius 3 is 2.79 bits per heavy atom. The summed E-state index contributed by atoms with van der Waals surface area (Å²) in [5, 5.41) is 2.96. The highest BCUT2D eigenvalue weighted by molar-refractivity contribution is 5.85. The summed E-state index contributed by atoms with van der Waals surface area (Å²) in [6.45, 7) is 3.76. The number of nitrogens with two attached hydrogens (primary N) is 1. The Balaban J connectivity index is 0.00000208. The fourth-order valence-corrected chi connectivity index (χ4v) is 2.80. The Labute approximate surface area is 149 Å². The first-order valence-corrected chi connectivity index (χ1v) is 8.51. The highest BCUT2D eigenvalue weighted by atomic mass is 35.5. The number of amides is 1. The lowest BCUT2D eigenvalue weighted by Gasteiger charge is -2.15. The van der Waals surface area contributed by atoms with Gasteiger partial charge in [-0.1, -0.05) is 12.1 Å². The molecule has 1 amide bonds. The Morgan fingerprint density at radius 1 is 1.33 bits per heavy atom. The Bertz CT molecular complexity index is 563. The van der Waals surface area contributed by atoms with Gasteiger partial charge >= 0.3 is 0 Å². The molecule has 2 atom stereocenters. The normalized spacial score (nSPS) is 22.8. The number of carbonyl (C=O) groups is 1. The molecule has 0 radical (unpaired) electrons. The second-order valence-electron chi connectivity index (χ2n) is 6.64. The Kier molecular flexibility index (Phi) is 6.90. The number of aryl methyl sites for hydroxylation is 1. The molecular formula is C18H27ClN2O3. The van der Waals surface area contributed by atoms with E-state index in [1.165, 1.54) is 12.8 Å². The summed E-state index contributed by atoms with van der Waals surface area (Å²) in [6, 6.07) is 6.11. The molecule has 1 aliphatic heterocycles. The highest BCUT2D eigenvalue weighted by Crippen LogP contribution is 2.30. The van der Waals surface area contributed by atoms with E-state index in [4.69, 9.17) is 15.2 Å². The summed E-state index contributed by atoms with van der Waals surface area (Å²) >= 11 is 0. The van der Waals surface area contributed by atoms with Crippen LogP contribution in [0.1, 0.15) is 36.8 Å². The Hall–Kier alpha value is -1.30. The molecule has 2 aliphatic rings. The smallest absolute Gasteiger partial charge is 0.249 e. The third-order valence-electron chi connectivity index (χ3n) is 4.51. The summed E-state index contributed by atoms with van der Waals surface area (Å²) in [4.78, 5) is 12.2. The molecule has 1 heterocycles. The van der Waals surface area contributed by atoms with Crippen molar-refractivity contribution in [1.29, 1.82) is 0 Å². The largest absolute Gasteiger partial charge is 0.493 e. The van der Waals surface area contributed by atoms with Crippen LogP contribution in [0.2, 0.25) is 0 Å². The average Bonchev–Trinajstić information content (AvgIpc) is 3.26. The third kappa shape index (κ3) is 5.10. The number of halogens is 1. The summed E-state index contributed by atoms with van der Waals surface area (Å²) in [5.74, 6) is 1.53. The van der Waals surface area contributed by atoms with Crippen molar-refractivity contribution in [3.63, 3.8) is 0 Å². The van der Waals surface area contributed by atoms with E-state index in [9.17, 15) is 4.79 Å². The van der Waals surface area contributed by atoms with Crippen LogP contribution in [0.5, 0.6) is 5.75 Å². The molecule has 1 saturated heterocycles. The fourth-order valence-electron chi connectivity index (χ4n) is 2.80. The van der Waals surface area contributed by atoms with Crippen molar-refractivity contribution < 1.29 is 14.3 Å². The van der Waals surface area contributed by atoms with Gasteiger partial charge in [0.15, 0.2) is 0 Å². The fraction of sp³-hybridized carbons (Fsp3) is 0.611. The molecule has 0 spiro atoms. The minimum atomic E-state index is -0.371. The zero-order valence-corrected chi connectivity index (χ0v) is 14.9. The van der Waals surface area contributed by atoms with Crippen LogP contribution in [0.4, 0.5) is 0 Å². The van der Waals surface area contributed by atoms with Crippen molar-refractivity contribution in [2.45, 2.75) is 51.4 Å². The van der Waals surface area contributed by atoms with Gasteiger partial charge in [0.2, 0.25) is 5.91 Å². The maximum absolute atomic E-state index is 12.2.